The number of rotatable bonds is 10. The van der Waals surface area contributed by atoms with E-state index in [9.17, 15) is 4.79 Å². The van der Waals surface area contributed by atoms with Crippen LogP contribution in [0.15, 0.2) is 34.9 Å². The minimum Gasteiger partial charge on any atom is -0.497 e. The molecule has 1 N–H and O–H groups in total. The highest BCUT2D eigenvalue weighted by Crippen LogP contribution is 2.20. The molecule has 2 heterocycles. The standard InChI is InChI=1S/C22H29N5O3/c1-15(14-27-17(3)12-16(2)25-27)13-23-20(28)6-5-7-21-24-22(26-30-21)18-8-10-19(29-4)11-9-18/h8-12,15H,5-7,13-14H2,1-4H3,(H,23,28). The normalized spacial score (nSPS) is 12.0. The number of hydrogen-bond acceptors (Lipinski definition) is 6. The van der Waals surface area contributed by atoms with Gasteiger partial charge in [-0.25, -0.2) is 0 Å². The Morgan fingerprint density at radius 1 is 1.27 bits per heavy atom. The van der Waals surface area contributed by atoms with Crippen molar-refractivity contribution < 1.29 is 14.1 Å². The molecule has 0 saturated carbocycles. The summed E-state index contributed by atoms with van der Waals surface area (Å²) in [5.41, 5.74) is 3.01. The molecule has 3 rings (SSSR count). The van der Waals surface area contributed by atoms with Crippen LogP contribution in [0, 0.1) is 19.8 Å². The van der Waals surface area contributed by atoms with Crippen molar-refractivity contribution in [2.45, 2.75) is 46.6 Å². The second-order valence-corrected chi connectivity index (χ2v) is 7.61. The summed E-state index contributed by atoms with van der Waals surface area (Å²) in [7, 11) is 1.62. The number of aryl methyl sites for hydroxylation is 3. The summed E-state index contributed by atoms with van der Waals surface area (Å²) in [4.78, 5) is 16.5. The summed E-state index contributed by atoms with van der Waals surface area (Å²) in [6.45, 7) is 7.55. The summed E-state index contributed by atoms with van der Waals surface area (Å²) in [5.74, 6) is 2.18. The number of nitrogens with zero attached hydrogens (tertiary/aromatic N) is 4. The van der Waals surface area contributed by atoms with E-state index in [-0.39, 0.29) is 5.91 Å². The monoisotopic (exact) mass is 411 g/mol. The predicted molar refractivity (Wildman–Crippen MR) is 113 cm³/mol. The maximum absolute atomic E-state index is 12.1. The van der Waals surface area contributed by atoms with Crippen LogP contribution in [0.5, 0.6) is 5.75 Å². The fraction of sp³-hybridized carbons (Fsp3) is 0.455. The molecule has 0 saturated heterocycles. The Balaban J connectivity index is 1.38. The number of nitrogens with one attached hydrogen (secondary N) is 1. The van der Waals surface area contributed by atoms with Gasteiger partial charge in [-0.1, -0.05) is 12.1 Å². The minimum atomic E-state index is 0.0325. The summed E-state index contributed by atoms with van der Waals surface area (Å²) < 4.78 is 12.4. The molecule has 160 valence electrons. The van der Waals surface area contributed by atoms with E-state index in [1.807, 2.05) is 42.8 Å². The number of hydrogen-bond donors (Lipinski definition) is 1. The summed E-state index contributed by atoms with van der Waals surface area (Å²) in [5, 5.41) is 11.5. The van der Waals surface area contributed by atoms with Gasteiger partial charge in [0.1, 0.15) is 5.75 Å². The lowest BCUT2D eigenvalue weighted by Gasteiger charge is -2.14. The smallest absolute Gasteiger partial charge is 0.226 e. The average Bonchev–Trinajstić information content (AvgIpc) is 3.32. The Kier molecular flexibility index (Phi) is 7.21. The van der Waals surface area contributed by atoms with Crippen LogP contribution >= 0.6 is 0 Å². The molecule has 0 aliphatic rings. The van der Waals surface area contributed by atoms with Crippen LogP contribution in [0.25, 0.3) is 11.4 Å². The number of benzene rings is 1. The molecule has 0 aliphatic heterocycles. The number of amides is 1. The lowest BCUT2D eigenvalue weighted by atomic mass is 10.1. The van der Waals surface area contributed by atoms with Crippen molar-refractivity contribution in [2.75, 3.05) is 13.7 Å². The molecule has 30 heavy (non-hydrogen) atoms. The van der Waals surface area contributed by atoms with Crippen molar-refractivity contribution in [3.63, 3.8) is 0 Å². The van der Waals surface area contributed by atoms with E-state index in [1.165, 1.54) is 0 Å². The van der Waals surface area contributed by atoms with Gasteiger partial charge in [0.15, 0.2) is 0 Å². The molecular weight excluding hydrogens is 382 g/mol. The molecule has 8 nitrogen and oxygen atoms in total. The first-order chi connectivity index (χ1) is 14.4. The van der Waals surface area contributed by atoms with E-state index in [2.05, 4.69) is 33.5 Å². The fourth-order valence-corrected chi connectivity index (χ4v) is 3.21. The lowest BCUT2D eigenvalue weighted by molar-refractivity contribution is -0.121. The number of methoxy groups -OCH3 is 1. The van der Waals surface area contributed by atoms with Crippen LogP contribution in [0.2, 0.25) is 0 Å². The number of carbonyl (C=O) groups excluding carboxylic acids is 1. The van der Waals surface area contributed by atoms with Gasteiger partial charge >= 0.3 is 0 Å². The van der Waals surface area contributed by atoms with E-state index >= 15 is 0 Å². The lowest BCUT2D eigenvalue weighted by Crippen LogP contribution is -2.30. The maximum atomic E-state index is 12.1. The molecular formula is C22H29N5O3. The Bertz CT molecular complexity index is 962. The van der Waals surface area contributed by atoms with Crippen molar-refractivity contribution in [1.29, 1.82) is 0 Å². The highest BCUT2D eigenvalue weighted by molar-refractivity contribution is 5.75. The Morgan fingerprint density at radius 2 is 2.03 bits per heavy atom. The first kappa shape index (κ1) is 21.5. The third kappa shape index (κ3) is 5.92. The molecule has 1 unspecified atom stereocenters. The first-order valence-corrected chi connectivity index (χ1v) is 10.2. The molecule has 1 amide bonds. The van der Waals surface area contributed by atoms with Gasteiger partial charge < -0.3 is 14.6 Å². The van der Waals surface area contributed by atoms with Gasteiger partial charge in [-0.05, 0) is 56.5 Å². The molecule has 0 bridgehead atoms. The second kappa shape index (κ2) is 10.0. The van der Waals surface area contributed by atoms with Gasteiger partial charge in [0.2, 0.25) is 17.6 Å². The first-order valence-electron chi connectivity index (χ1n) is 10.2. The van der Waals surface area contributed by atoms with Crippen molar-refractivity contribution in [3.8, 4) is 17.1 Å². The summed E-state index contributed by atoms with van der Waals surface area (Å²) in [6, 6.07) is 9.53. The quantitative estimate of drug-likeness (QED) is 0.550. The number of ether oxygens (including phenoxy) is 1. The molecule has 0 radical (unpaired) electrons. The van der Waals surface area contributed by atoms with Crippen LogP contribution in [0.1, 0.15) is 37.0 Å². The topological polar surface area (TPSA) is 95.1 Å². The maximum Gasteiger partial charge on any atom is 0.226 e. The molecule has 0 spiro atoms. The zero-order valence-electron chi connectivity index (χ0n) is 18.0. The van der Waals surface area contributed by atoms with E-state index in [4.69, 9.17) is 9.26 Å². The van der Waals surface area contributed by atoms with Crippen LogP contribution in [0.4, 0.5) is 0 Å². The highest BCUT2D eigenvalue weighted by atomic mass is 16.5. The Labute approximate surface area is 176 Å². The molecule has 2 aromatic heterocycles. The van der Waals surface area contributed by atoms with Gasteiger partial charge in [0, 0.05) is 37.2 Å². The number of carbonyl (C=O) groups is 1. The molecule has 8 heteroatoms. The van der Waals surface area contributed by atoms with Crippen LogP contribution < -0.4 is 10.1 Å². The van der Waals surface area contributed by atoms with E-state index in [0.29, 0.717) is 43.4 Å². The SMILES string of the molecule is COc1ccc(-c2noc(CCCC(=O)NCC(C)Cn3nc(C)cc3C)n2)cc1. The number of aromatic nitrogens is 4. The molecule has 1 atom stereocenters. The van der Waals surface area contributed by atoms with E-state index < -0.39 is 0 Å². The van der Waals surface area contributed by atoms with Gasteiger partial charge in [-0.2, -0.15) is 10.1 Å². The largest absolute Gasteiger partial charge is 0.497 e. The highest BCUT2D eigenvalue weighted by Gasteiger charge is 2.11. The third-order valence-corrected chi connectivity index (χ3v) is 4.85. The second-order valence-electron chi connectivity index (χ2n) is 7.61. The van der Waals surface area contributed by atoms with Gasteiger partial charge in [0.05, 0.1) is 12.8 Å². The summed E-state index contributed by atoms with van der Waals surface area (Å²) >= 11 is 0. The van der Waals surface area contributed by atoms with Crippen molar-refractivity contribution in [1.82, 2.24) is 25.2 Å². The van der Waals surface area contributed by atoms with Gasteiger partial charge in [-0.15, -0.1) is 0 Å². The Hall–Kier alpha value is -3.16. The average molecular weight is 412 g/mol. The molecule has 0 fully saturated rings. The molecule has 3 aromatic rings. The molecule has 1 aromatic carbocycles. The third-order valence-electron chi connectivity index (χ3n) is 4.85. The van der Waals surface area contributed by atoms with E-state index in [0.717, 1.165) is 29.2 Å². The predicted octanol–water partition coefficient (Wildman–Crippen LogP) is 3.33. The van der Waals surface area contributed by atoms with E-state index in [1.54, 1.807) is 7.11 Å². The minimum absolute atomic E-state index is 0.0325. The van der Waals surface area contributed by atoms with Crippen LogP contribution in [0.3, 0.4) is 0 Å². The zero-order chi connectivity index (χ0) is 21.5. The fourth-order valence-electron chi connectivity index (χ4n) is 3.21. The zero-order valence-corrected chi connectivity index (χ0v) is 18.0. The van der Waals surface area contributed by atoms with Crippen molar-refractivity contribution in [3.05, 3.63) is 47.6 Å². The van der Waals surface area contributed by atoms with Crippen LogP contribution in [-0.4, -0.2) is 39.5 Å². The van der Waals surface area contributed by atoms with Crippen molar-refractivity contribution in [2.24, 2.45) is 5.92 Å². The van der Waals surface area contributed by atoms with Crippen molar-refractivity contribution >= 4 is 5.91 Å². The van der Waals surface area contributed by atoms with Gasteiger partial charge in [0.25, 0.3) is 0 Å². The van der Waals surface area contributed by atoms with Crippen LogP contribution in [-0.2, 0) is 17.8 Å². The Morgan fingerprint density at radius 3 is 2.70 bits per heavy atom. The van der Waals surface area contributed by atoms with Gasteiger partial charge in [-0.3, -0.25) is 9.48 Å². The molecule has 0 aliphatic carbocycles. The summed E-state index contributed by atoms with van der Waals surface area (Å²) in [6.07, 6.45) is 1.65.